The lowest BCUT2D eigenvalue weighted by Gasteiger charge is -2.13. The van der Waals surface area contributed by atoms with Gasteiger partial charge in [-0.2, -0.15) is 0 Å². The van der Waals surface area contributed by atoms with E-state index in [0.717, 1.165) is 20.9 Å². The average Bonchev–Trinajstić information content (AvgIpc) is 2.81. The molecule has 0 radical (unpaired) electrons. The Kier molecular flexibility index (Phi) is 4.52. The fraction of sp³-hybridized carbons (Fsp3) is 0.500. The Morgan fingerprint density at radius 3 is 2.35 bits per heavy atom. The Morgan fingerprint density at radius 2 is 1.85 bits per heavy atom. The Hall–Kier alpha value is -0.520. The SMILES string of the molecule is CC(C)c1nc(-c2csc(C(C)(C)C)n2)nc(Cl)c1Br. The lowest BCUT2D eigenvalue weighted by Crippen LogP contribution is -2.10. The van der Waals surface area contributed by atoms with Crippen molar-refractivity contribution in [2.24, 2.45) is 0 Å². The van der Waals surface area contributed by atoms with E-state index in [9.17, 15) is 0 Å². The second kappa shape index (κ2) is 5.70. The average molecular weight is 375 g/mol. The molecule has 0 saturated carbocycles. The van der Waals surface area contributed by atoms with Crippen molar-refractivity contribution < 1.29 is 0 Å². The zero-order chi connectivity index (χ0) is 15.1. The molecule has 0 aliphatic heterocycles. The molecule has 0 N–H and O–H groups in total. The Labute approximate surface area is 137 Å². The maximum absolute atomic E-state index is 6.19. The van der Waals surface area contributed by atoms with Crippen LogP contribution in [0.5, 0.6) is 0 Å². The van der Waals surface area contributed by atoms with Gasteiger partial charge in [-0.25, -0.2) is 15.0 Å². The molecule has 2 heterocycles. The minimum atomic E-state index is 0.0307. The van der Waals surface area contributed by atoms with Crippen LogP contribution < -0.4 is 0 Å². The molecule has 2 aromatic heterocycles. The first-order valence-corrected chi connectivity index (χ1v) is 8.44. The molecule has 0 aliphatic carbocycles. The molecule has 0 aliphatic rings. The van der Waals surface area contributed by atoms with Crippen LogP contribution in [0.3, 0.4) is 0 Å². The number of hydrogen-bond acceptors (Lipinski definition) is 4. The summed E-state index contributed by atoms with van der Waals surface area (Å²) in [6, 6.07) is 0. The largest absolute Gasteiger partial charge is 0.237 e. The van der Waals surface area contributed by atoms with Gasteiger partial charge in [0.1, 0.15) is 10.8 Å². The summed E-state index contributed by atoms with van der Waals surface area (Å²) in [5, 5.41) is 3.50. The second-order valence-electron chi connectivity index (χ2n) is 5.98. The van der Waals surface area contributed by atoms with Crippen LogP contribution in [-0.2, 0) is 5.41 Å². The summed E-state index contributed by atoms with van der Waals surface area (Å²) in [5.74, 6) is 0.859. The molecule has 6 heteroatoms. The van der Waals surface area contributed by atoms with E-state index in [1.54, 1.807) is 11.3 Å². The minimum Gasteiger partial charge on any atom is -0.237 e. The van der Waals surface area contributed by atoms with Gasteiger partial charge in [-0.15, -0.1) is 11.3 Å². The molecule has 0 spiro atoms. The summed E-state index contributed by atoms with van der Waals surface area (Å²) in [6.45, 7) is 10.6. The van der Waals surface area contributed by atoms with Crippen LogP contribution in [0.4, 0.5) is 0 Å². The van der Waals surface area contributed by atoms with Crippen LogP contribution in [0.15, 0.2) is 9.85 Å². The van der Waals surface area contributed by atoms with Crippen molar-refractivity contribution in [2.75, 3.05) is 0 Å². The van der Waals surface area contributed by atoms with E-state index < -0.39 is 0 Å². The van der Waals surface area contributed by atoms with Crippen molar-refractivity contribution in [1.82, 2.24) is 15.0 Å². The van der Waals surface area contributed by atoms with Crippen LogP contribution in [0.25, 0.3) is 11.5 Å². The van der Waals surface area contributed by atoms with Gasteiger partial charge in [-0.05, 0) is 21.8 Å². The standard InChI is InChI=1S/C14H17BrClN3S/c1-7(2)10-9(15)11(16)19-12(18-10)8-6-20-13(17-8)14(3,4)5/h6-7H,1-5H3. The highest BCUT2D eigenvalue weighted by Crippen LogP contribution is 2.33. The predicted molar refractivity (Wildman–Crippen MR) is 88.6 cm³/mol. The fourth-order valence-corrected chi connectivity index (χ4v) is 3.35. The zero-order valence-electron chi connectivity index (χ0n) is 12.2. The molecule has 2 rings (SSSR count). The third kappa shape index (κ3) is 3.21. The van der Waals surface area contributed by atoms with Gasteiger partial charge in [0.2, 0.25) is 0 Å². The Balaban J connectivity index is 2.51. The molecule has 0 unspecified atom stereocenters. The van der Waals surface area contributed by atoms with Crippen molar-refractivity contribution in [2.45, 2.75) is 46.0 Å². The predicted octanol–water partition coefficient (Wildman–Crippen LogP) is 5.44. The second-order valence-corrected chi connectivity index (χ2v) is 7.99. The summed E-state index contributed by atoms with van der Waals surface area (Å²) in [4.78, 5) is 13.6. The van der Waals surface area contributed by atoms with Crippen LogP contribution in [0.1, 0.15) is 51.2 Å². The molecule has 0 saturated heterocycles. The molecule has 0 amide bonds. The third-order valence-corrected chi connectivity index (χ3v) is 5.31. The van der Waals surface area contributed by atoms with E-state index in [0.29, 0.717) is 11.0 Å². The molecule has 0 atom stereocenters. The van der Waals surface area contributed by atoms with Gasteiger partial charge in [-0.1, -0.05) is 46.2 Å². The number of halogens is 2. The summed E-state index contributed by atoms with van der Waals surface area (Å²) in [5.41, 5.74) is 1.73. The smallest absolute Gasteiger partial charge is 0.180 e. The first-order chi connectivity index (χ1) is 9.20. The number of rotatable bonds is 2. The van der Waals surface area contributed by atoms with Crippen molar-refractivity contribution >= 4 is 38.9 Å². The molecular weight excluding hydrogens is 358 g/mol. The van der Waals surface area contributed by atoms with Crippen LogP contribution >= 0.6 is 38.9 Å². The number of nitrogens with zero attached hydrogens (tertiary/aromatic N) is 3. The molecule has 20 heavy (non-hydrogen) atoms. The highest BCUT2D eigenvalue weighted by molar-refractivity contribution is 9.10. The molecule has 0 aromatic carbocycles. The number of hydrogen-bond donors (Lipinski definition) is 0. The van der Waals surface area contributed by atoms with E-state index in [-0.39, 0.29) is 11.3 Å². The molecular formula is C14H17BrClN3S. The topological polar surface area (TPSA) is 38.7 Å². The zero-order valence-corrected chi connectivity index (χ0v) is 15.3. The summed E-state index contributed by atoms with van der Waals surface area (Å²) in [7, 11) is 0. The lowest BCUT2D eigenvalue weighted by atomic mass is 9.98. The maximum Gasteiger partial charge on any atom is 0.180 e. The first kappa shape index (κ1) is 15.9. The van der Waals surface area contributed by atoms with Gasteiger partial charge in [0.05, 0.1) is 15.2 Å². The summed E-state index contributed by atoms with van der Waals surface area (Å²) >= 11 is 11.3. The first-order valence-electron chi connectivity index (χ1n) is 6.39. The van der Waals surface area contributed by atoms with Crippen molar-refractivity contribution in [1.29, 1.82) is 0 Å². The van der Waals surface area contributed by atoms with Gasteiger partial charge in [-0.3, -0.25) is 0 Å². The monoisotopic (exact) mass is 373 g/mol. The van der Waals surface area contributed by atoms with E-state index in [1.165, 1.54) is 0 Å². The molecule has 0 bridgehead atoms. The molecule has 0 fully saturated rings. The highest BCUT2D eigenvalue weighted by Gasteiger charge is 2.21. The van der Waals surface area contributed by atoms with E-state index in [4.69, 9.17) is 11.6 Å². The molecule has 2 aromatic rings. The highest BCUT2D eigenvalue weighted by atomic mass is 79.9. The van der Waals surface area contributed by atoms with Gasteiger partial charge in [0, 0.05) is 10.8 Å². The Morgan fingerprint density at radius 1 is 1.20 bits per heavy atom. The van der Waals surface area contributed by atoms with Gasteiger partial charge in [0.25, 0.3) is 0 Å². The maximum atomic E-state index is 6.19. The van der Waals surface area contributed by atoms with Crippen molar-refractivity contribution in [3.05, 3.63) is 25.7 Å². The van der Waals surface area contributed by atoms with E-state index in [2.05, 4.69) is 65.5 Å². The van der Waals surface area contributed by atoms with Crippen molar-refractivity contribution in [3.63, 3.8) is 0 Å². The van der Waals surface area contributed by atoms with Crippen LogP contribution in [0, 0.1) is 0 Å². The quantitative estimate of drug-likeness (QED) is 0.657. The van der Waals surface area contributed by atoms with Crippen LogP contribution in [-0.4, -0.2) is 15.0 Å². The molecule has 3 nitrogen and oxygen atoms in total. The fourth-order valence-electron chi connectivity index (χ4n) is 1.65. The molecule has 108 valence electrons. The van der Waals surface area contributed by atoms with E-state index in [1.807, 2.05) is 5.38 Å². The third-order valence-electron chi connectivity index (χ3n) is 2.76. The van der Waals surface area contributed by atoms with E-state index >= 15 is 0 Å². The minimum absolute atomic E-state index is 0.0307. The lowest BCUT2D eigenvalue weighted by molar-refractivity contribution is 0.585. The Bertz CT molecular complexity index is 632. The van der Waals surface area contributed by atoms with Crippen LogP contribution in [0.2, 0.25) is 5.15 Å². The van der Waals surface area contributed by atoms with Gasteiger partial charge >= 0.3 is 0 Å². The summed E-state index contributed by atoms with van der Waals surface area (Å²) in [6.07, 6.45) is 0. The van der Waals surface area contributed by atoms with Crippen molar-refractivity contribution in [3.8, 4) is 11.5 Å². The normalized spacial score (nSPS) is 12.2. The summed E-state index contributed by atoms with van der Waals surface area (Å²) < 4.78 is 0.768. The number of aromatic nitrogens is 3. The van der Waals surface area contributed by atoms with Gasteiger partial charge < -0.3 is 0 Å². The van der Waals surface area contributed by atoms with Gasteiger partial charge in [0.15, 0.2) is 5.82 Å². The number of thiazole rings is 1.